The lowest BCUT2D eigenvalue weighted by Gasteiger charge is -2.54. The Bertz CT molecular complexity index is 838. The van der Waals surface area contributed by atoms with Crippen LogP contribution in [0.5, 0.6) is 0 Å². The first-order chi connectivity index (χ1) is 12.3. The second-order valence-corrected chi connectivity index (χ2v) is 7.24. The molecule has 1 spiro atoms. The largest absolute Gasteiger partial charge is 0.416 e. The van der Waals surface area contributed by atoms with E-state index in [-0.39, 0.29) is 5.56 Å². The fourth-order valence-electron chi connectivity index (χ4n) is 3.75. The van der Waals surface area contributed by atoms with Crippen molar-refractivity contribution >= 4 is 5.95 Å². The van der Waals surface area contributed by atoms with Crippen LogP contribution >= 0.6 is 0 Å². The molecule has 1 aromatic heterocycles. The van der Waals surface area contributed by atoms with Gasteiger partial charge in [0.1, 0.15) is 5.82 Å². The Balaban J connectivity index is 1.51. The van der Waals surface area contributed by atoms with E-state index in [4.69, 9.17) is 0 Å². The lowest BCUT2D eigenvalue weighted by Crippen LogP contribution is -2.63. The third kappa shape index (κ3) is 3.02. The van der Waals surface area contributed by atoms with Gasteiger partial charge in [0.2, 0.25) is 5.95 Å². The molecular formula is C18H18F4N4. The van der Waals surface area contributed by atoms with Crippen LogP contribution in [0, 0.1) is 18.2 Å². The van der Waals surface area contributed by atoms with E-state index in [9.17, 15) is 17.6 Å². The molecule has 0 amide bonds. The molecule has 1 aliphatic heterocycles. The third-order valence-corrected chi connectivity index (χ3v) is 5.26. The van der Waals surface area contributed by atoms with Crippen molar-refractivity contribution in [3.05, 3.63) is 41.5 Å². The minimum atomic E-state index is -4.57. The highest BCUT2D eigenvalue weighted by molar-refractivity contribution is 5.66. The van der Waals surface area contributed by atoms with E-state index in [2.05, 4.69) is 20.6 Å². The number of halogens is 4. The molecule has 1 saturated carbocycles. The number of hydrogen-bond donors (Lipinski definition) is 2. The summed E-state index contributed by atoms with van der Waals surface area (Å²) in [5, 5.41) is 6.55. The predicted octanol–water partition coefficient (Wildman–Crippen LogP) is 3.77. The fraction of sp³-hybridized carbons (Fsp3) is 0.444. The summed E-state index contributed by atoms with van der Waals surface area (Å²) in [4.78, 5) is 8.56. The number of nitrogens with zero attached hydrogens (tertiary/aromatic N) is 2. The minimum absolute atomic E-state index is 0.0604. The summed E-state index contributed by atoms with van der Waals surface area (Å²) >= 11 is 0. The van der Waals surface area contributed by atoms with E-state index >= 15 is 0 Å². The van der Waals surface area contributed by atoms with Crippen LogP contribution in [0.15, 0.2) is 24.4 Å². The molecular weight excluding hydrogens is 348 g/mol. The summed E-state index contributed by atoms with van der Waals surface area (Å²) in [6.45, 7) is 3.80. The van der Waals surface area contributed by atoms with Gasteiger partial charge in [-0.2, -0.15) is 13.2 Å². The van der Waals surface area contributed by atoms with Crippen LogP contribution < -0.4 is 10.6 Å². The molecule has 4 nitrogen and oxygen atoms in total. The average molecular weight is 366 g/mol. The van der Waals surface area contributed by atoms with E-state index in [0.29, 0.717) is 34.7 Å². The van der Waals surface area contributed by atoms with Crippen LogP contribution in [0.4, 0.5) is 23.5 Å². The van der Waals surface area contributed by atoms with Crippen molar-refractivity contribution < 1.29 is 17.6 Å². The number of nitrogens with one attached hydrogen (secondary N) is 2. The van der Waals surface area contributed by atoms with E-state index < -0.39 is 17.6 Å². The first kappa shape index (κ1) is 17.2. The highest BCUT2D eigenvalue weighted by Gasteiger charge is 2.48. The number of rotatable bonds is 3. The van der Waals surface area contributed by atoms with Gasteiger partial charge in [0.15, 0.2) is 0 Å². The molecule has 138 valence electrons. The van der Waals surface area contributed by atoms with Crippen molar-refractivity contribution in [1.29, 1.82) is 0 Å². The zero-order chi connectivity index (χ0) is 18.5. The second-order valence-electron chi connectivity index (χ2n) is 7.24. The molecule has 0 unspecified atom stereocenters. The number of benzene rings is 1. The minimum Gasteiger partial charge on any atom is -0.351 e. The zero-order valence-corrected chi connectivity index (χ0v) is 14.1. The van der Waals surface area contributed by atoms with Crippen LogP contribution in [-0.4, -0.2) is 29.1 Å². The molecule has 4 rings (SSSR count). The van der Waals surface area contributed by atoms with Crippen LogP contribution in [0.3, 0.4) is 0 Å². The monoisotopic (exact) mass is 366 g/mol. The predicted molar refractivity (Wildman–Crippen MR) is 89.1 cm³/mol. The van der Waals surface area contributed by atoms with Gasteiger partial charge < -0.3 is 10.6 Å². The Hall–Kier alpha value is -2.22. The van der Waals surface area contributed by atoms with Crippen molar-refractivity contribution in [3.63, 3.8) is 0 Å². The van der Waals surface area contributed by atoms with Gasteiger partial charge in [-0.1, -0.05) is 6.07 Å². The molecule has 26 heavy (non-hydrogen) atoms. The topological polar surface area (TPSA) is 49.8 Å². The summed E-state index contributed by atoms with van der Waals surface area (Å²) in [7, 11) is 0. The Morgan fingerprint density at radius 3 is 2.46 bits per heavy atom. The van der Waals surface area contributed by atoms with E-state index in [0.717, 1.165) is 38.1 Å². The molecule has 2 aromatic rings. The highest BCUT2D eigenvalue weighted by Crippen LogP contribution is 2.45. The van der Waals surface area contributed by atoms with Crippen molar-refractivity contribution in [1.82, 2.24) is 15.3 Å². The van der Waals surface area contributed by atoms with Crippen molar-refractivity contribution in [2.45, 2.75) is 32.0 Å². The zero-order valence-electron chi connectivity index (χ0n) is 14.1. The van der Waals surface area contributed by atoms with E-state index in [1.165, 1.54) is 6.20 Å². The summed E-state index contributed by atoms with van der Waals surface area (Å²) in [6.07, 6.45) is -0.986. The summed E-state index contributed by atoms with van der Waals surface area (Å²) in [5.41, 5.74) is 0.372. The second kappa shape index (κ2) is 5.90. The lowest BCUT2D eigenvalue weighted by molar-refractivity contribution is -0.137. The SMILES string of the molecule is Cc1nc(NC2CC3(CNC3)C2)ncc1-c1ccc(C(F)(F)F)cc1F. The van der Waals surface area contributed by atoms with Gasteiger partial charge >= 0.3 is 6.18 Å². The maximum Gasteiger partial charge on any atom is 0.416 e. The summed E-state index contributed by atoms with van der Waals surface area (Å²) < 4.78 is 52.2. The Kier molecular flexibility index (Phi) is 3.91. The van der Waals surface area contributed by atoms with Gasteiger partial charge in [-0.25, -0.2) is 14.4 Å². The Labute approximate surface area is 148 Å². The number of alkyl halides is 3. The molecule has 2 N–H and O–H groups in total. The van der Waals surface area contributed by atoms with Gasteiger partial charge in [-0.15, -0.1) is 0 Å². The normalized spacial score (nSPS) is 19.1. The standard InChI is InChI=1S/C18H18F4N4/c1-10-14(13-3-2-11(4-15(13)19)18(20,21)22)7-24-16(25-10)26-12-5-17(6-12)8-23-9-17/h2-4,7,12,23H,5-6,8-9H2,1H3,(H,24,25,26). The van der Waals surface area contributed by atoms with Gasteiger partial charge in [-0.3, -0.25) is 0 Å². The third-order valence-electron chi connectivity index (χ3n) is 5.26. The number of aromatic nitrogens is 2. The first-order valence-electron chi connectivity index (χ1n) is 8.44. The van der Waals surface area contributed by atoms with Crippen molar-refractivity contribution in [2.75, 3.05) is 18.4 Å². The van der Waals surface area contributed by atoms with Crippen LogP contribution in [0.1, 0.15) is 24.1 Å². The molecule has 2 aliphatic rings. The summed E-state index contributed by atoms with van der Waals surface area (Å²) in [5.74, 6) is -0.476. The van der Waals surface area contributed by atoms with Gasteiger partial charge in [-0.05, 0) is 37.3 Å². The molecule has 2 fully saturated rings. The molecule has 8 heteroatoms. The van der Waals surface area contributed by atoms with E-state index in [1.807, 2.05) is 0 Å². The summed E-state index contributed by atoms with van der Waals surface area (Å²) in [6, 6.07) is 2.81. The maximum absolute atomic E-state index is 14.2. The Morgan fingerprint density at radius 2 is 1.92 bits per heavy atom. The molecule has 1 aromatic carbocycles. The molecule has 0 atom stereocenters. The molecule has 1 saturated heterocycles. The van der Waals surface area contributed by atoms with E-state index in [1.54, 1.807) is 6.92 Å². The maximum atomic E-state index is 14.2. The molecule has 2 heterocycles. The molecule has 1 aliphatic carbocycles. The van der Waals surface area contributed by atoms with Crippen LogP contribution in [-0.2, 0) is 6.18 Å². The fourth-order valence-corrected chi connectivity index (χ4v) is 3.75. The van der Waals surface area contributed by atoms with Gasteiger partial charge in [0, 0.05) is 36.5 Å². The smallest absolute Gasteiger partial charge is 0.351 e. The highest BCUT2D eigenvalue weighted by atomic mass is 19.4. The molecule has 0 bridgehead atoms. The van der Waals surface area contributed by atoms with Gasteiger partial charge in [0.25, 0.3) is 0 Å². The number of aryl methyl sites for hydroxylation is 1. The molecule has 0 radical (unpaired) electrons. The quantitative estimate of drug-likeness (QED) is 0.812. The lowest BCUT2D eigenvalue weighted by atomic mass is 9.62. The first-order valence-corrected chi connectivity index (χ1v) is 8.44. The average Bonchev–Trinajstić information content (AvgIpc) is 2.48. The Morgan fingerprint density at radius 1 is 1.19 bits per heavy atom. The van der Waals surface area contributed by atoms with Crippen LogP contribution in [0.25, 0.3) is 11.1 Å². The van der Waals surface area contributed by atoms with Crippen LogP contribution in [0.2, 0.25) is 0 Å². The van der Waals surface area contributed by atoms with Crippen molar-refractivity contribution in [3.8, 4) is 11.1 Å². The number of hydrogen-bond acceptors (Lipinski definition) is 4. The van der Waals surface area contributed by atoms with Gasteiger partial charge in [0.05, 0.1) is 11.3 Å². The number of anilines is 1. The van der Waals surface area contributed by atoms with Crippen molar-refractivity contribution in [2.24, 2.45) is 5.41 Å².